The Hall–Kier alpha value is -2.63. The Morgan fingerprint density at radius 3 is 2.73 bits per heavy atom. The summed E-state index contributed by atoms with van der Waals surface area (Å²) < 4.78 is 1.95. The number of carbonyl (C=O) groups excluding carboxylic acids is 1. The Morgan fingerprint density at radius 2 is 1.96 bits per heavy atom. The van der Waals surface area contributed by atoms with Crippen LogP contribution in [0.25, 0.3) is 5.52 Å². The SMILES string of the molecule is O=C(NCc1ccccc1CN1CC[C@H](O)C1)c1cc2ccccn2c1. The van der Waals surface area contributed by atoms with Gasteiger partial charge in [0.25, 0.3) is 5.91 Å². The summed E-state index contributed by atoms with van der Waals surface area (Å²) in [6.45, 7) is 2.94. The number of pyridine rings is 1. The largest absolute Gasteiger partial charge is 0.392 e. The van der Waals surface area contributed by atoms with Crippen molar-refractivity contribution in [3.05, 3.63) is 77.6 Å². The van der Waals surface area contributed by atoms with Crippen molar-refractivity contribution in [1.82, 2.24) is 14.6 Å². The van der Waals surface area contributed by atoms with Crippen LogP contribution in [0.1, 0.15) is 27.9 Å². The van der Waals surface area contributed by atoms with E-state index in [1.165, 1.54) is 5.56 Å². The molecule has 1 aliphatic heterocycles. The van der Waals surface area contributed by atoms with Gasteiger partial charge in [-0.25, -0.2) is 0 Å². The molecule has 1 atom stereocenters. The average Bonchev–Trinajstić information content (AvgIpc) is 3.26. The molecule has 0 aliphatic carbocycles. The number of aliphatic hydroxyl groups excluding tert-OH is 1. The molecule has 0 radical (unpaired) electrons. The zero-order valence-electron chi connectivity index (χ0n) is 14.6. The van der Waals surface area contributed by atoms with E-state index in [9.17, 15) is 9.90 Å². The van der Waals surface area contributed by atoms with Crippen LogP contribution in [0.4, 0.5) is 0 Å². The predicted molar refractivity (Wildman–Crippen MR) is 101 cm³/mol. The number of amides is 1. The molecule has 26 heavy (non-hydrogen) atoms. The van der Waals surface area contributed by atoms with Gasteiger partial charge in [-0.1, -0.05) is 30.3 Å². The number of carbonyl (C=O) groups is 1. The maximum absolute atomic E-state index is 12.5. The molecule has 1 fully saturated rings. The molecule has 0 unspecified atom stereocenters. The molecule has 2 aromatic heterocycles. The fourth-order valence-electron chi connectivity index (χ4n) is 3.54. The summed E-state index contributed by atoms with van der Waals surface area (Å²) in [6.07, 6.45) is 4.40. The number of benzene rings is 1. The van der Waals surface area contributed by atoms with Gasteiger partial charge >= 0.3 is 0 Å². The number of fused-ring (bicyclic) bond motifs is 1. The van der Waals surface area contributed by atoms with E-state index in [-0.39, 0.29) is 12.0 Å². The number of rotatable bonds is 5. The molecular weight excluding hydrogens is 326 g/mol. The van der Waals surface area contributed by atoms with Gasteiger partial charge in [-0.2, -0.15) is 0 Å². The van der Waals surface area contributed by atoms with Gasteiger partial charge in [0.05, 0.1) is 11.7 Å². The van der Waals surface area contributed by atoms with Crippen molar-refractivity contribution in [2.45, 2.75) is 25.6 Å². The molecular formula is C21H23N3O2. The summed E-state index contributed by atoms with van der Waals surface area (Å²) in [5.74, 6) is -0.0694. The first-order valence-electron chi connectivity index (χ1n) is 9.01. The summed E-state index contributed by atoms with van der Waals surface area (Å²) in [7, 11) is 0. The lowest BCUT2D eigenvalue weighted by atomic mass is 10.1. The number of hydrogen-bond acceptors (Lipinski definition) is 3. The quantitative estimate of drug-likeness (QED) is 0.744. The van der Waals surface area contributed by atoms with Crippen LogP contribution in [0.5, 0.6) is 0 Å². The predicted octanol–water partition coefficient (Wildman–Crippen LogP) is 2.44. The smallest absolute Gasteiger partial charge is 0.253 e. The zero-order valence-corrected chi connectivity index (χ0v) is 14.6. The zero-order chi connectivity index (χ0) is 17.9. The molecule has 0 bridgehead atoms. The molecule has 2 N–H and O–H groups in total. The highest BCUT2D eigenvalue weighted by molar-refractivity contribution is 5.95. The first-order valence-corrected chi connectivity index (χ1v) is 9.01. The minimum absolute atomic E-state index is 0.0694. The molecule has 1 saturated heterocycles. The van der Waals surface area contributed by atoms with Gasteiger partial charge in [0.2, 0.25) is 0 Å². The Morgan fingerprint density at radius 1 is 1.15 bits per heavy atom. The number of hydrogen-bond donors (Lipinski definition) is 2. The van der Waals surface area contributed by atoms with Crippen LogP contribution in [0, 0.1) is 0 Å². The van der Waals surface area contributed by atoms with Crippen molar-refractivity contribution in [2.24, 2.45) is 0 Å². The van der Waals surface area contributed by atoms with Crippen LogP contribution >= 0.6 is 0 Å². The van der Waals surface area contributed by atoms with Crippen molar-refractivity contribution < 1.29 is 9.90 Å². The Bertz CT molecular complexity index is 885. The van der Waals surface area contributed by atoms with E-state index >= 15 is 0 Å². The van der Waals surface area contributed by atoms with Crippen LogP contribution in [0.2, 0.25) is 0 Å². The number of nitrogens with zero attached hydrogens (tertiary/aromatic N) is 2. The minimum atomic E-state index is -0.217. The van der Waals surface area contributed by atoms with Gasteiger partial charge in [-0.3, -0.25) is 9.69 Å². The van der Waals surface area contributed by atoms with Crippen LogP contribution in [0.15, 0.2) is 60.9 Å². The second-order valence-corrected chi connectivity index (χ2v) is 6.89. The number of likely N-dealkylation sites (tertiary alicyclic amines) is 1. The Labute approximate surface area is 152 Å². The van der Waals surface area contributed by atoms with E-state index in [0.29, 0.717) is 12.1 Å². The molecule has 1 aliphatic rings. The van der Waals surface area contributed by atoms with Crippen molar-refractivity contribution in [2.75, 3.05) is 13.1 Å². The number of aromatic nitrogens is 1. The van der Waals surface area contributed by atoms with E-state index in [2.05, 4.69) is 22.3 Å². The van der Waals surface area contributed by atoms with Gasteiger partial charge in [-0.15, -0.1) is 0 Å². The third-order valence-electron chi connectivity index (χ3n) is 4.97. The summed E-state index contributed by atoms with van der Waals surface area (Å²) >= 11 is 0. The number of aliphatic hydroxyl groups is 1. The summed E-state index contributed by atoms with van der Waals surface area (Å²) in [5.41, 5.74) is 3.98. The van der Waals surface area contributed by atoms with Gasteiger partial charge in [-0.05, 0) is 35.7 Å². The summed E-state index contributed by atoms with van der Waals surface area (Å²) in [6, 6.07) is 16.0. The molecule has 3 heterocycles. The van der Waals surface area contributed by atoms with Crippen LogP contribution in [-0.4, -0.2) is 39.5 Å². The molecule has 0 spiro atoms. The molecule has 0 saturated carbocycles. The molecule has 1 aromatic carbocycles. The second kappa shape index (κ2) is 7.32. The number of β-amino-alcohol motifs (C(OH)–C–C–N with tert-alkyl or cyclic N) is 1. The van der Waals surface area contributed by atoms with Gasteiger partial charge < -0.3 is 14.8 Å². The number of nitrogens with one attached hydrogen (secondary N) is 1. The molecule has 5 nitrogen and oxygen atoms in total. The van der Waals surface area contributed by atoms with Gasteiger partial charge in [0, 0.05) is 44.1 Å². The highest BCUT2D eigenvalue weighted by atomic mass is 16.3. The van der Waals surface area contributed by atoms with Gasteiger partial charge in [0.15, 0.2) is 0 Å². The second-order valence-electron chi connectivity index (χ2n) is 6.89. The average molecular weight is 349 g/mol. The fraction of sp³-hybridized carbons (Fsp3) is 0.286. The topological polar surface area (TPSA) is 57.0 Å². The maximum Gasteiger partial charge on any atom is 0.253 e. The van der Waals surface area contributed by atoms with Crippen LogP contribution in [0.3, 0.4) is 0 Å². The van der Waals surface area contributed by atoms with E-state index in [1.807, 2.05) is 53.2 Å². The molecule has 3 aromatic rings. The Kier molecular flexibility index (Phi) is 4.73. The van der Waals surface area contributed by atoms with E-state index in [4.69, 9.17) is 0 Å². The van der Waals surface area contributed by atoms with Gasteiger partial charge in [0.1, 0.15) is 0 Å². The van der Waals surface area contributed by atoms with Crippen LogP contribution < -0.4 is 5.32 Å². The lowest BCUT2D eigenvalue weighted by Crippen LogP contribution is -2.25. The third-order valence-corrected chi connectivity index (χ3v) is 4.97. The lowest BCUT2D eigenvalue weighted by Gasteiger charge is -2.18. The van der Waals surface area contributed by atoms with E-state index in [1.54, 1.807) is 0 Å². The van der Waals surface area contributed by atoms with Crippen molar-refractivity contribution in [3.63, 3.8) is 0 Å². The maximum atomic E-state index is 12.5. The molecule has 5 heteroatoms. The van der Waals surface area contributed by atoms with Crippen LogP contribution in [-0.2, 0) is 13.1 Å². The normalized spacial score (nSPS) is 17.7. The summed E-state index contributed by atoms with van der Waals surface area (Å²) in [4.78, 5) is 14.8. The Balaban J connectivity index is 1.43. The van der Waals surface area contributed by atoms with E-state index < -0.39 is 0 Å². The monoisotopic (exact) mass is 349 g/mol. The fourth-order valence-corrected chi connectivity index (χ4v) is 3.54. The first kappa shape index (κ1) is 16.8. The third kappa shape index (κ3) is 3.64. The lowest BCUT2D eigenvalue weighted by molar-refractivity contribution is 0.0951. The molecule has 1 amide bonds. The highest BCUT2D eigenvalue weighted by Crippen LogP contribution is 2.17. The summed E-state index contributed by atoms with van der Waals surface area (Å²) in [5, 5.41) is 12.7. The standard InChI is InChI=1S/C21H23N3O2/c25-20-8-10-23(15-20)13-17-6-2-1-5-16(17)12-22-21(26)18-11-19-7-3-4-9-24(19)14-18/h1-7,9,11,14,20,25H,8,10,12-13,15H2,(H,22,26)/t20-/m0/s1. The van der Waals surface area contributed by atoms with Crippen molar-refractivity contribution in [3.8, 4) is 0 Å². The highest BCUT2D eigenvalue weighted by Gasteiger charge is 2.20. The first-order chi connectivity index (χ1) is 12.7. The minimum Gasteiger partial charge on any atom is -0.392 e. The van der Waals surface area contributed by atoms with Crippen molar-refractivity contribution >= 4 is 11.4 Å². The molecule has 134 valence electrons. The molecule has 4 rings (SSSR count). The van der Waals surface area contributed by atoms with Crippen molar-refractivity contribution in [1.29, 1.82) is 0 Å². The van der Waals surface area contributed by atoms with E-state index in [0.717, 1.165) is 37.1 Å².